The van der Waals surface area contributed by atoms with Crippen molar-refractivity contribution in [2.45, 2.75) is 43.8 Å². The summed E-state index contributed by atoms with van der Waals surface area (Å²) in [5.74, 6) is 0.274. The average molecular weight is 398 g/mol. The highest BCUT2D eigenvalue weighted by atomic mass is 19.1. The smallest absolute Gasteiger partial charge is 0.276 e. The topological polar surface area (TPSA) is 89.1 Å². The predicted molar refractivity (Wildman–Crippen MR) is 106 cm³/mol. The molecule has 1 aromatic carbocycles. The van der Waals surface area contributed by atoms with Gasteiger partial charge in [-0.1, -0.05) is 17.3 Å². The molecule has 0 bridgehead atoms. The van der Waals surface area contributed by atoms with Crippen LogP contribution in [0, 0.1) is 17.7 Å². The van der Waals surface area contributed by atoms with E-state index in [9.17, 15) is 9.18 Å². The Morgan fingerprint density at radius 2 is 2.03 bits per heavy atom. The molecule has 29 heavy (non-hydrogen) atoms. The van der Waals surface area contributed by atoms with Crippen LogP contribution in [0.3, 0.4) is 0 Å². The number of benzene rings is 1. The summed E-state index contributed by atoms with van der Waals surface area (Å²) in [5.41, 5.74) is 7.22. The van der Waals surface area contributed by atoms with Gasteiger partial charge in [0.25, 0.3) is 5.91 Å². The molecule has 3 N–H and O–H groups in total. The van der Waals surface area contributed by atoms with E-state index in [-0.39, 0.29) is 35.8 Å². The van der Waals surface area contributed by atoms with Crippen LogP contribution in [0.5, 0.6) is 0 Å². The lowest BCUT2D eigenvalue weighted by Crippen LogP contribution is -2.35. The monoisotopic (exact) mass is 398 g/mol. The number of carbonyl (C=O) groups is 1. The maximum absolute atomic E-state index is 13.9. The molecule has 1 aliphatic carbocycles. The molecule has 1 aromatic heterocycles. The van der Waals surface area contributed by atoms with Crippen LogP contribution in [-0.2, 0) is 0 Å². The Hall–Kier alpha value is -2.32. The Morgan fingerprint density at radius 3 is 2.83 bits per heavy atom. The van der Waals surface area contributed by atoms with Crippen LogP contribution in [0.15, 0.2) is 30.5 Å². The third-order valence-electron chi connectivity index (χ3n) is 6.86. The lowest BCUT2D eigenvalue weighted by atomic mass is 9.89. The van der Waals surface area contributed by atoms with E-state index in [0.717, 1.165) is 44.3 Å². The molecule has 5 rings (SSSR count). The van der Waals surface area contributed by atoms with E-state index in [4.69, 9.17) is 5.73 Å². The lowest BCUT2D eigenvalue weighted by Gasteiger charge is -2.28. The van der Waals surface area contributed by atoms with Crippen LogP contribution in [-0.4, -0.2) is 51.5 Å². The van der Waals surface area contributed by atoms with Gasteiger partial charge in [0, 0.05) is 31.6 Å². The second-order valence-corrected chi connectivity index (χ2v) is 8.69. The van der Waals surface area contributed by atoms with Crippen molar-refractivity contribution < 1.29 is 9.18 Å². The highest BCUT2D eigenvalue weighted by Crippen LogP contribution is 2.43. The number of nitrogens with one attached hydrogen (secondary N) is 1. The number of halogens is 1. The number of nitrogens with zero attached hydrogens (tertiary/aromatic N) is 4. The molecule has 1 amide bonds. The van der Waals surface area contributed by atoms with Gasteiger partial charge < -0.3 is 16.0 Å². The van der Waals surface area contributed by atoms with Crippen molar-refractivity contribution >= 4 is 5.91 Å². The first-order chi connectivity index (χ1) is 14.1. The van der Waals surface area contributed by atoms with Crippen LogP contribution in [0.2, 0.25) is 0 Å². The number of rotatable bonds is 3. The summed E-state index contributed by atoms with van der Waals surface area (Å²) in [5, 5.41) is 11.9. The maximum Gasteiger partial charge on any atom is 0.276 e. The zero-order chi connectivity index (χ0) is 20.0. The minimum atomic E-state index is -0.272. The second kappa shape index (κ2) is 7.50. The first-order valence-corrected chi connectivity index (χ1v) is 10.5. The lowest BCUT2D eigenvalue weighted by molar-refractivity contribution is 0.0707. The number of carbonyl (C=O) groups excluding carboxylic acids is 1. The Balaban J connectivity index is 1.39. The van der Waals surface area contributed by atoms with Gasteiger partial charge in [0.2, 0.25) is 0 Å². The molecule has 2 aromatic rings. The van der Waals surface area contributed by atoms with Crippen LogP contribution in [0.25, 0.3) is 0 Å². The third kappa shape index (κ3) is 3.44. The number of amides is 1. The first-order valence-electron chi connectivity index (χ1n) is 10.5. The van der Waals surface area contributed by atoms with Gasteiger partial charge in [0.05, 0.1) is 18.3 Å². The zero-order valence-corrected chi connectivity index (χ0v) is 16.4. The molecule has 2 aliphatic heterocycles. The van der Waals surface area contributed by atoms with Gasteiger partial charge in [-0.3, -0.25) is 4.79 Å². The Kier molecular flexibility index (Phi) is 4.83. The number of nitrogens with two attached hydrogens (primary N) is 1. The van der Waals surface area contributed by atoms with E-state index >= 15 is 0 Å². The highest BCUT2D eigenvalue weighted by molar-refractivity contribution is 5.92. The van der Waals surface area contributed by atoms with E-state index < -0.39 is 0 Å². The molecule has 3 fully saturated rings. The molecule has 154 valence electrons. The highest BCUT2D eigenvalue weighted by Gasteiger charge is 2.47. The van der Waals surface area contributed by atoms with Gasteiger partial charge in [0.15, 0.2) is 5.69 Å². The van der Waals surface area contributed by atoms with Gasteiger partial charge in [0.1, 0.15) is 5.82 Å². The molecular weight excluding hydrogens is 371 g/mol. The van der Waals surface area contributed by atoms with Gasteiger partial charge in [-0.2, -0.15) is 0 Å². The quantitative estimate of drug-likeness (QED) is 0.824. The van der Waals surface area contributed by atoms with Crippen molar-refractivity contribution in [1.82, 2.24) is 25.2 Å². The van der Waals surface area contributed by atoms with E-state index in [1.807, 2.05) is 15.6 Å². The number of hydrogen-bond acceptors (Lipinski definition) is 5. The fraction of sp³-hybridized carbons (Fsp3) is 0.571. The summed E-state index contributed by atoms with van der Waals surface area (Å²) < 4.78 is 15.7. The van der Waals surface area contributed by atoms with Gasteiger partial charge in [-0.25, -0.2) is 9.07 Å². The minimum Gasteiger partial charge on any atom is -0.329 e. The molecule has 0 unspecified atom stereocenters. The molecule has 0 spiro atoms. The largest absolute Gasteiger partial charge is 0.329 e. The summed E-state index contributed by atoms with van der Waals surface area (Å²) in [6.45, 7) is 2.38. The fourth-order valence-corrected chi connectivity index (χ4v) is 5.31. The molecule has 3 atom stereocenters. The van der Waals surface area contributed by atoms with Crippen LogP contribution < -0.4 is 11.1 Å². The Labute approximate surface area is 169 Å². The zero-order valence-electron chi connectivity index (χ0n) is 16.4. The summed E-state index contributed by atoms with van der Waals surface area (Å²) in [6.07, 6.45) is 5.64. The summed E-state index contributed by atoms with van der Waals surface area (Å²) in [6, 6.07) is 7.00. The van der Waals surface area contributed by atoms with Gasteiger partial charge >= 0.3 is 0 Å². The Morgan fingerprint density at radius 1 is 1.21 bits per heavy atom. The van der Waals surface area contributed by atoms with E-state index in [1.165, 1.54) is 6.07 Å². The molecule has 7 nitrogen and oxygen atoms in total. The van der Waals surface area contributed by atoms with Crippen molar-refractivity contribution in [3.63, 3.8) is 0 Å². The molecular formula is C21H27FN6O. The predicted octanol–water partition coefficient (Wildman–Crippen LogP) is 1.89. The van der Waals surface area contributed by atoms with Crippen LogP contribution >= 0.6 is 0 Å². The third-order valence-corrected chi connectivity index (χ3v) is 6.86. The number of aromatic nitrogens is 3. The normalized spacial score (nSPS) is 31.8. The van der Waals surface area contributed by atoms with Gasteiger partial charge in [-0.15, -0.1) is 5.10 Å². The molecule has 1 saturated carbocycles. The first kappa shape index (κ1) is 18.7. The summed E-state index contributed by atoms with van der Waals surface area (Å²) in [7, 11) is 0. The van der Waals surface area contributed by atoms with E-state index in [1.54, 1.807) is 18.3 Å². The molecule has 2 saturated heterocycles. The number of fused-ring (bicyclic) bond motifs is 1. The number of likely N-dealkylation sites (tertiary alicyclic amines) is 1. The fourth-order valence-electron chi connectivity index (χ4n) is 5.31. The summed E-state index contributed by atoms with van der Waals surface area (Å²) >= 11 is 0. The standard InChI is InChI=1S/C21H27FN6O/c22-15-3-1-2-13(8-15)20-18-10-24-9-14(18)11-27(20)21(29)19-12-28(26-25-19)17-6-4-16(23)5-7-17/h1-3,8,12,14,16-18,20,24H,4-7,9-11,23H2/t14-,16?,17?,18-,20+/m0/s1. The maximum atomic E-state index is 13.9. The van der Waals surface area contributed by atoms with E-state index in [2.05, 4.69) is 15.6 Å². The van der Waals surface area contributed by atoms with Gasteiger partial charge in [-0.05, 0) is 49.3 Å². The average Bonchev–Trinajstić information content (AvgIpc) is 3.44. The minimum absolute atomic E-state index is 0.118. The van der Waals surface area contributed by atoms with E-state index in [0.29, 0.717) is 18.2 Å². The molecule has 3 aliphatic rings. The summed E-state index contributed by atoms with van der Waals surface area (Å²) in [4.78, 5) is 15.2. The molecule has 0 radical (unpaired) electrons. The SMILES string of the molecule is NC1CCC(n2cc(C(=O)N3C[C@@H]4CNC[C@@H]4[C@H]3c3cccc(F)c3)nn2)CC1. The van der Waals surface area contributed by atoms with Crippen LogP contribution in [0.4, 0.5) is 4.39 Å². The van der Waals surface area contributed by atoms with Crippen molar-refractivity contribution in [2.75, 3.05) is 19.6 Å². The van der Waals surface area contributed by atoms with Crippen molar-refractivity contribution in [3.8, 4) is 0 Å². The molecule has 3 heterocycles. The van der Waals surface area contributed by atoms with Crippen molar-refractivity contribution in [3.05, 3.63) is 47.5 Å². The Bertz CT molecular complexity index is 893. The molecule has 8 heteroatoms. The van der Waals surface area contributed by atoms with Crippen molar-refractivity contribution in [2.24, 2.45) is 17.6 Å². The number of hydrogen-bond donors (Lipinski definition) is 2. The second-order valence-electron chi connectivity index (χ2n) is 8.69. The van der Waals surface area contributed by atoms with Crippen molar-refractivity contribution in [1.29, 1.82) is 0 Å². The van der Waals surface area contributed by atoms with Crippen LogP contribution in [0.1, 0.15) is 53.8 Å².